The molecule has 0 spiro atoms. The molecule has 1 rings (SSSR count). The van der Waals surface area contributed by atoms with E-state index in [-0.39, 0.29) is 5.78 Å². The molecule has 76 valence electrons. The fourth-order valence-electron chi connectivity index (χ4n) is 1.21. The Hall–Kier alpha value is -0.670. The molecule has 0 aromatic heterocycles. The molecule has 0 aliphatic heterocycles. The molecule has 3 heteroatoms. The minimum atomic E-state index is 0.216. The molecule has 0 radical (unpaired) electrons. The Bertz CT molecular complexity index is 295. The molecule has 1 N–H and O–H groups in total. The molecule has 0 aliphatic rings. The Morgan fingerprint density at radius 1 is 1.36 bits per heavy atom. The van der Waals surface area contributed by atoms with Crippen molar-refractivity contribution in [1.82, 2.24) is 5.32 Å². The van der Waals surface area contributed by atoms with Crippen LogP contribution in [0.2, 0.25) is 0 Å². The molecule has 0 fully saturated rings. The van der Waals surface area contributed by atoms with Gasteiger partial charge in [-0.05, 0) is 32.1 Å². The van der Waals surface area contributed by atoms with Crippen molar-refractivity contribution in [2.45, 2.75) is 12.8 Å². The van der Waals surface area contributed by atoms with Gasteiger partial charge in [0.1, 0.15) is 0 Å². The lowest BCUT2D eigenvalue weighted by atomic mass is 10.1. The first kappa shape index (κ1) is 11.4. The third-order valence-corrected chi connectivity index (χ3v) is 2.53. The van der Waals surface area contributed by atoms with E-state index in [2.05, 4.69) is 21.2 Å². The quantitative estimate of drug-likeness (QED) is 0.648. The van der Waals surface area contributed by atoms with Crippen LogP contribution in [-0.4, -0.2) is 19.4 Å². The highest BCUT2D eigenvalue weighted by molar-refractivity contribution is 9.10. The number of benzene rings is 1. The summed E-state index contributed by atoms with van der Waals surface area (Å²) in [6.45, 7) is 0.891. The molecular formula is C11H14BrNO. The van der Waals surface area contributed by atoms with Crippen molar-refractivity contribution in [3.05, 3.63) is 34.3 Å². The summed E-state index contributed by atoms with van der Waals surface area (Å²) in [5.41, 5.74) is 0.796. The second kappa shape index (κ2) is 5.94. The number of halogens is 1. The van der Waals surface area contributed by atoms with Crippen LogP contribution in [-0.2, 0) is 0 Å². The van der Waals surface area contributed by atoms with Gasteiger partial charge in [-0.3, -0.25) is 4.79 Å². The van der Waals surface area contributed by atoms with Crippen molar-refractivity contribution < 1.29 is 4.79 Å². The molecule has 14 heavy (non-hydrogen) atoms. The summed E-state index contributed by atoms with van der Waals surface area (Å²) in [4.78, 5) is 11.6. The van der Waals surface area contributed by atoms with Gasteiger partial charge >= 0.3 is 0 Å². The Kier molecular flexibility index (Phi) is 4.84. The summed E-state index contributed by atoms with van der Waals surface area (Å²) in [7, 11) is 1.89. The summed E-state index contributed by atoms with van der Waals surface area (Å²) < 4.78 is 1.00. The number of carbonyl (C=O) groups excluding carboxylic acids is 1. The molecule has 0 bridgehead atoms. The van der Waals surface area contributed by atoms with E-state index >= 15 is 0 Å². The first-order valence-corrected chi connectivity index (χ1v) is 5.46. The van der Waals surface area contributed by atoms with Gasteiger partial charge in [-0.25, -0.2) is 0 Å². The fraction of sp³-hybridized carbons (Fsp3) is 0.364. The van der Waals surface area contributed by atoms with Gasteiger partial charge in [0.25, 0.3) is 0 Å². The minimum Gasteiger partial charge on any atom is -0.320 e. The SMILES string of the molecule is CNCCCC(=O)c1ccc(Br)cc1. The molecule has 1 aromatic carbocycles. The summed E-state index contributed by atoms with van der Waals surface area (Å²) in [5.74, 6) is 0.216. The molecule has 0 saturated heterocycles. The number of hydrogen-bond donors (Lipinski definition) is 1. The van der Waals surface area contributed by atoms with Crippen molar-refractivity contribution in [3.63, 3.8) is 0 Å². The lowest BCUT2D eigenvalue weighted by Gasteiger charge is -2.00. The lowest BCUT2D eigenvalue weighted by molar-refractivity contribution is 0.0980. The van der Waals surface area contributed by atoms with Crippen LogP contribution in [0.25, 0.3) is 0 Å². The second-order valence-electron chi connectivity index (χ2n) is 3.14. The monoisotopic (exact) mass is 255 g/mol. The van der Waals surface area contributed by atoms with Gasteiger partial charge in [0.15, 0.2) is 5.78 Å². The largest absolute Gasteiger partial charge is 0.320 e. The van der Waals surface area contributed by atoms with Gasteiger partial charge in [-0.2, -0.15) is 0 Å². The van der Waals surface area contributed by atoms with Crippen LogP contribution in [0.15, 0.2) is 28.7 Å². The summed E-state index contributed by atoms with van der Waals surface area (Å²) >= 11 is 3.34. The highest BCUT2D eigenvalue weighted by Crippen LogP contribution is 2.12. The number of rotatable bonds is 5. The van der Waals surface area contributed by atoms with Gasteiger partial charge in [0, 0.05) is 16.5 Å². The predicted molar refractivity (Wildman–Crippen MR) is 61.6 cm³/mol. The second-order valence-corrected chi connectivity index (χ2v) is 4.05. The van der Waals surface area contributed by atoms with Crippen LogP contribution >= 0.6 is 15.9 Å². The molecule has 0 heterocycles. The number of nitrogens with one attached hydrogen (secondary N) is 1. The van der Waals surface area contributed by atoms with Gasteiger partial charge in [0.2, 0.25) is 0 Å². The van der Waals surface area contributed by atoms with Crippen LogP contribution in [0.3, 0.4) is 0 Å². The molecule has 0 saturated carbocycles. The van der Waals surface area contributed by atoms with Gasteiger partial charge in [0.05, 0.1) is 0 Å². The molecular weight excluding hydrogens is 242 g/mol. The van der Waals surface area contributed by atoms with Crippen LogP contribution in [0.4, 0.5) is 0 Å². The van der Waals surface area contributed by atoms with E-state index in [0.717, 1.165) is 23.0 Å². The number of carbonyl (C=O) groups is 1. The molecule has 0 amide bonds. The van der Waals surface area contributed by atoms with Crippen LogP contribution < -0.4 is 5.32 Å². The number of Topliss-reactive ketones (excluding diaryl/α,β-unsaturated/α-hetero) is 1. The Labute approximate surface area is 92.8 Å². The average molecular weight is 256 g/mol. The lowest BCUT2D eigenvalue weighted by Crippen LogP contribution is -2.09. The smallest absolute Gasteiger partial charge is 0.162 e. The van der Waals surface area contributed by atoms with E-state index in [0.29, 0.717) is 6.42 Å². The first-order chi connectivity index (χ1) is 6.74. The normalized spacial score (nSPS) is 10.1. The molecule has 0 unspecified atom stereocenters. The molecule has 2 nitrogen and oxygen atoms in total. The van der Waals surface area contributed by atoms with Crippen molar-refractivity contribution in [2.24, 2.45) is 0 Å². The van der Waals surface area contributed by atoms with Crippen molar-refractivity contribution >= 4 is 21.7 Å². The molecule has 0 aliphatic carbocycles. The average Bonchev–Trinajstić information content (AvgIpc) is 2.19. The zero-order valence-corrected chi connectivity index (χ0v) is 9.80. The summed E-state index contributed by atoms with van der Waals surface area (Å²) in [6, 6.07) is 7.49. The number of hydrogen-bond acceptors (Lipinski definition) is 2. The number of ketones is 1. The van der Waals surface area contributed by atoms with E-state index in [1.807, 2.05) is 31.3 Å². The summed E-state index contributed by atoms with van der Waals surface area (Å²) in [5, 5.41) is 3.02. The van der Waals surface area contributed by atoms with E-state index in [1.54, 1.807) is 0 Å². The van der Waals surface area contributed by atoms with Crippen LogP contribution in [0, 0.1) is 0 Å². The van der Waals surface area contributed by atoms with Crippen molar-refractivity contribution in [3.8, 4) is 0 Å². The summed E-state index contributed by atoms with van der Waals surface area (Å²) in [6.07, 6.45) is 1.51. The van der Waals surface area contributed by atoms with E-state index in [9.17, 15) is 4.79 Å². The topological polar surface area (TPSA) is 29.1 Å². The zero-order chi connectivity index (χ0) is 10.4. The fourth-order valence-corrected chi connectivity index (χ4v) is 1.47. The van der Waals surface area contributed by atoms with E-state index < -0.39 is 0 Å². The maximum atomic E-state index is 11.6. The third kappa shape index (κ3) is 3.60. The minimum absolute atomic E-state index is 0.216. The maximum Gasteiger partial charge on any atom is 0.162 e. The molecule has 1 aromatic rings. The highest BCUT2D eigenvalue weighted by Gasteiger charge is 2.04. The molecule has 0 atom stereocenters. The van der Waals surface area contributed by atoms with Crippen LogP contribution in [0.1, 0.15) is 23.2 Å². The zero-order valence-electron chi connectivity index (χ0n) is 8.22. The maximum absolute atomic E-state index is 11.6. The first-order valence-electron chi connectivity index (χ1n) is 4.67. The third-order valence-electron chi connectivity index (χ3n) is 2.00. The van der Waals surface area contributed by atoms with Gasteiger partial charge in [-0.1, -0.05) is 28.1 Å². The Morgan fingerprint density at radius 2 is 2.00 bits per heavy atom. The van der Waals surface area contributed by atoms with E-state index in [1.165, 1.54) is 0 Å². The van der Waals surface area contributed by atoms with Gasteiger partial charge in [-0.15, -0.1) is 0 Å². The standard InChI is InChI=1S/C11H14BrNO/c1-13-8-2-3-11(14)9-4-6-10(12)7-5-9/h4-7,13H,2-3,8H2,1H3. The van der Waals surface area contributed by atoms with Gasteiger partial charge < -0.3 is 5.32 Å². The van der Waals surface area contributed by atoms with Crippen LogP contribution in [0.5, 0.6) is 0 Å². The van der Waals surface area contributed by atoms with E-state index in [4.69, 9.17) is 0 Å². The Balaban J connectivity index is 2.48. The predicted octanol–water partition coefficient (Wildman–Crippen LogP) is 2.63. The Morgan fingerprint density at radius 3 is 2.57 bits per heavy atom. The highest BCUT2D eigenvalue weighted by atomic mass is 79.9. The van der Waals surface area contributed by atoms with Crippen molar-refractivity contribution in [2.75, 3.05) is 13.6 Å². The van der Waals surface area contributed by atoms with Crippen molar-refractivity contribution in [1.29, 1.82) is 0 Å².